The maximum atomic E-state index is 13.2. The van der Waals surface area contributed by atoms with Crippen molar-refractivity contribution in [3.05, 3.63) is 66.2 Å². The number of likely N-dealkylation sites (N-methyl/N-ethyl adjacent to an activating group) is 1. The van der Waals surface area contributed by atoms with E-state index in [2.05, 4.69) is 10.3 Å². The number of sulfonamides is 1. The van der Waals surface area contributed by atoms with Gasteiger partial charge in [0.1, 0.15) is 5.82 Å². The van der Waals surface area contributed by atoms with E-state index in [4.69, 9.17) is 14.6 Å². The van der Waals surface area contributed by atoms with Crippen molar-refractivity contribution < 1.29 is 30.6 Å². The third-order valence-electron chi connectivity index (χ3n) is 6.37. The Kier molecular flexibility index (Phi) is 5.96. The Hall–Kier alpha value is -3.47. The molecule has 2 aromatic carbocycles. The number of carbonyl (C=O) groups excluding carboxylic acids is 1. The molecule has 35 heavy (non-hydrogen) atoms. The van der Waals surface area contributed by atoms with Crippen LogP contribution in [0.25, 0.3) is 11.3 Å². The minimum atomic E-state index is -3.68. The molecule has 0 radical (unpaired) electrons. The molecule has 5 rings (SSSR count). The van der Waals surface area contributed by atoms with Gasteiger partial charge in [0.25, 0.3) is 0 Å². The van der Waals surface area contributed by atoms with Crippen LogP contribution in [0.1, 0.15) is 21.3 Å². The molecule has 0 spiro atoms. The highest BCUT2D eigenvalue weighted by Gasteiger charge is 2.51. The van der Waals surface area contributed by atoms with Gasteiger partial charge in [-0.3, -0.25) is 4.79 Å². The van der Waals surface area contributed by atoms with Crippen molar-refractivity contribution in [3.8, 4) is 22.8 Å². The van der Waals surface area contributed by atoms with E-state index in [0.717, 1.165) is 22.7 Å². The molecule has 2 aliphatic rings. The summed E-state index contributed by atoms with van der Waals surface area (Å²) in [5.74, 6) is 1.61. The van der Waals surface area contributed by atoms with Gasteiger partial charge in [0, 0.05) is 22.0 Å². The lowest BCUT2D eigenvalue weighted by Crippen LogP contribution is -2.29. The number of anilines is 1. The Morgan fingerprint density at radius 3 is 2.57 bits per heavy atom. The molecule has 1 aromatic heterocycles. The van der Waals surface area contributed by atoms with Crippen LogP contribution < -0.4 is 14.8 Å². The zero-order chi connectivity index (χ0) is 24.6. The van der Waals surface area contributed by atoms with Crippen LogP contribution in [0.2, 0.25) is 0 Å². The fourth-order valence-corrected chi connectivity index (χ4v) is 5.27. The van der Waals surface area contributed by atoms with E-state index in [1.54, 1.807) is 30.3 Å². The van der Waals surface area contributed by atoms with Crippen LogP contribution in [0.3, 0.4) is 0 Å². The first-order valence-electron chi connectivity index (χ1n) is 11.2. The van der Waals surface area contributed by atoms with Crippen LogP contribution in [0.15, 0.2) is 65.6 Å². The SMILES string of the molecule is CN(CCO)S(=O)(=O)c1ccc(-c2cccc(NC(=O)C3(c4ccc5c(c4)OCO5)CC3)n2)cc1.[HH].[HH]. The number of hydrogen-bond donors (Lipinski definition) is 2. The quantitative estimate of drug-likeness (QED) is 0.488. The lowest BCUT2D eigenvalue weighted by molar-refractivity contribution is -0.118. The van der Waals surface area contributed by atoms with Crippen LogP contribution in [0.4, 0.5) is 5.82 Å². The van der Waals surface area contributed by atoms with E-state index >= 15 is 0 Å². The summed E-state index contributed by atoms with van der Waals surface area (Å²) >= 11 is 0. The van der Waals surface area contributed by atoms with Gasteiger partial charge in [0.2, 0.25) is 22.7 Å². The van der Waals surface area contributed by atoms with Crippen molar-refractivity contribution in [2.75, 3.05) is 32.3 Å². The highest BCUT2D eigenvalue weighted by Crippen LogP contribution is 2.51. The molecule has 0 atom stereocenters. The summed E-state index contributed by atoms with van der Waals surface area (Å²) in [6.45, 7) is -0.0612. The molecule has 0 saturated heterocycles. The Balaban J connectivity index is 0.00000190. The van der Waals surface area contributed by atoms with Gasteiger partial charge in [-0.05, 0) is 54.8 Å². The smallest absolute Gasteiger partial charge is 0.242 e. The fraction of sp³-hybridized carbons (Fsp3) is 0.280. The molecule has 2 N–H and O–H groups in total. The van der Waals surface area contributed by atoms with Crippen LogP contribution in [0.5, 0.6) is 11.5 Å². The highest BCUT2D eigenvalue weighted by atomic mass is 32.2. The van der Waals surface area contributed by atoms with Crippen LogP contribution in [0, 0.1) is 0 Å². The van der Waals surface area contributed by atoms with Crippen LogP contribution >= 0.6 is 0 Å². The molecule has 1 aliphatic carbocycles. The Labute approximate surface area is 206 Å². The largest absolute Gasteiger partial charge is 0.454 e. The van der Waals surface area contributed by atoms with E-state index in [1.807, 2.05) is 18.2 Å². The number of benzene rings is 2. The number of nitrogens with zero attached hydrogens (tertiary/aromatic N) is 2. The number of carbonyl (C=O) groups is 1. The fourth-order valence-electron chi connectivity index (χ4n) is 4.11. The number of nitrogens with one attached hydrogen (secondary N) is 1. The van der Waals surface area contributed by atoms with Crippen LogP contribution in [-0.4, -0.2) is 55.7 Å². The normalized spacial score (nSPS) is 15.7. The first kappa shape index (κ1) is 23.3. The van der Waals surface area contributed by atoms with E-state index in [1.165, 1.54) is 19.2 Å². The van der Waals surface area contributed by atoms with Gasteiger partial charge in [-0.15, -0.1) is 0 Å². The Morgan fingerprint density at radius 1 is 1.11 bits per heavy atom. The van der Waals surface area contributed by atoms with Crippen molar-refractivity contribution in [1.29, 1.82) is 0 Å². The third kappa shape index (κ3) is 4.36. The zero-order valence-electron chi connectivity index (χ0n) is 19.1. The second kappa shape index (κ2) is 8.95. The van der Waals surface area contributed by atoms with Crippen molar-refractivity contribution in [3.63, 3.8) is 0 Å². The van der Waals surface area contributed by atoms with E-state index < -0.39 is 15.4 Å². The molecule has 1 fully saturated rings. The summed E-state index contributed by atoms with van der Waals surface area (Å²) in [5, 5.41) is 12.0. The summed E-state index contributed by atoms with van der Waals surface area (Å²) in [6, 6.07) is 17.2. The van der Waals surface area contributed by atoms with Crippen molar-refractivity contribution in [1.82, 2.24) is 9.29 Å². The molecular formula is C25H29N3O6S. The van der Waals surface area contributed by atoms with Crippen molar-refractivity contribution >= 4 is 21.7 Å². The second-order valence-corrected chi connectivity index (χ2v) is 10.6. The van der Waals surface area contributed by atoms with Gasteiger partial charge in [-0.25, -0.2) is 13.4 Å². The minimum absolute atomic E-state index is 0. The molecule has 0 unspecified atom stereocenters. The van der Waals surface area contributed by atoms with Gasteiger partial charge >= 0.3 is 0 Å². The molecule has 1 aliphatic heterocycles. The molecule has 2 heterocycles. The lowest BCUT2D eigenvalue weighted by atomic mass is 9.94. The summed E-state index contributed by atoms with van der Waals surface area (Å²) in [5.41, 5.74) is 1.58. The zero-order valence-corrected chi connectivity index (χ0v) is 19.9. The highest BCUT2D eigenvalue weighted by molar-refractivity contribution is 7.89. The predicted molar refractivity (Wildman–Crippen MR) is 133 cm³/mol. The lowest BCUT2D eigenvalue weighted by Gasteiger charge is -2.17. The van der Waals surface area contributed by atoms with Crippen molar-refractivity contribution in [2.45, 2.75) is 23.2 Å². The number of rotatable bonds is 8. The molecule has 186 valence electrons. The number of pyridine rings is 1. The summed E-state index contributed by atoms with van der Waals surface area (Å²) in [7, 11) is -2.26. The monoisotopic (exact) mass is 499 g/mol. The van der Waals surface area contributed by atoms with Gasteiger partial charge < -0.3 is 19.9 Å². The summed E-state index contributed by atoms with van der Waals surface area (Å²) < 4.78 is 37.1. The van der Waals surface area contributed by atoms with Gasteiger partial charge in [0.05, 0.1) is 22.6 Å². The maximum Gasteiger partial charge on any atom is 0.242 e. The second-order valence-electron chi connectivity index (χ2n) is 8.59. The summed E-state index contributed by atoms with van der Waals surface area (Å²) in [6.07, 6.45) is 1.47. The Bertz CT molecular complexity index is 1380. The number of fused-ring (bicyclic) bond motifs is 1. The molecule has 1 saturated carbocycles. The number of aliphatic hydroxyl groups excluding tert-OH is 1. The number of aliphatic hydroxyl groups is 1. The molecule has 10 heteroatoms. The van der Waals surface area contributed by atoms with Gasteiger partial charge in [0.15, 0.2) is 11.5 Å². The van der Waals surface area contributed by atoms with E-state index in [9.17, 15) is 13.2 Å². The Morgan fingerprint density at radius 2 is 1.86 bits per heavy atom. The third-order valence-corrected chi connectivity index (χ3v) is 8.24. The maximum absolute atomic E-state index is 13.2. The number of ether oxygens (including phenoxy) is 2. The minimum Gasteiger partial charge on any atom is -0.454 e. The molecule has 0 bridgehead atoms. The average Bonchev–Trinajstić information content (AvgIpc) is 3.55. The molecular weight excluding hydrogens is 470 g/mol. The predicted octanol–water partition coefficient (Wildman–Crippen LogP) is 3.25. The first-order chi connectivity index (χ1) is 16.8. The van der Waals surface area contributed by atoms with E-state index in [-0.39, 0.29) is 33.6 Å². The average molecular weight is 500 g/mol. The van der Waals surface area contributed by atoms with Crippen molar-refractivity contribution in [2.24, 2.45) is 0 Å². The molecule has 3 aromatic rings. The first-order valence-corrected chi connectivity index (χ1v) is 12.6. The number of aromatic nitrogens is 1. The standard InChI is InChI=1S/C25H25N3O6S.2H2/c1-28(13-14-29)35(31,32)19-8-5-17(6-9-19)20-3-2-4-23(26-20)27-24(30)25(11-12-25)18-7-10-21-22(15-18)34-16-33-21;;/h2-10,15,29H,11-14,16H2,1H3,(H,26,27,30);2*1H. The molecule has 9 nitrogen and oxygen atoms in total. The van der Waals surface area contributed by atoms with E-state index in [0.29, 0.717) is 28.6 Å². The van der Waals surface area contributed by atoms with Crippen LogP contribution in [-0.2, 0) is 20.2 Å². The number of amides is 1. The summed E-state index contributed by atoms with van der Waals surface area (Å²) in [4.78, 5) is 17.9. The van der Waals surface area contributed by atoms with Gasteiger partial charge in [-0.1, -0.05) is 24.3 Å². The topological polar surface area (TPSA) is 118 Å². The number of hydrogen-bond acceptors (Lipinski definition) is 7. The van der Waals surface area contributed by atoms with Gasteiger partial charge in [-0.2, -0.15) is 4.31 Å². The molecule has 1 amide bonds.